The zero-order chi connectivity index (χ0) is 13.7. The number of nitriles is 1. The van der Waals surface area contributed by atoms with E-state index in [0.717, 1.165) is 25.1 Å². The first kappa shape index (κ1) is 13.4. The minimum Gasteiger partial charge on any atom is -0.376 e. The molecule has 5 heteroatoms. The van der Waals surface area contributed by atoms with Gasteiger partial charge in [0.1, 0.15) is 11.6 Å². The second-order valence-corrected chi connectivity index (χ2v) is 4.56. The minimum atomic E-state index is -0.348. The molecular weight excluding hydrogens is 242 g/mol. The van der Waals surface area contributed by atoms with Crippen molar-refractivity contribution in [2.45, 2.75) is 18.9 Å². The van der Waals surface area contributed by atoms with Gasteiger partial charge in [-0.1, -0.05) is 0 Å². The molecule has 1 aliphatic rings. The van der Waals surface area contributed by atoms with Crippen LogP contribution in [0.25, 0.3) is 6.08 Å². The summed E-state index contributed by atoms with van der Waals surface area (Å²) < 4.78 is 7.27. The van der Waals surface area contributed by atoms with Gasteiger partial charge in [0, 0.05) is 32.1 Å². The van der Waals surface area contributed by atoms with Crippen LogP contribution in [0.1, 0.15) is 18.5 Å². The molecule has 0 spiro atoms. The van der Waals surface area contributed by atoms with E-state index < -0.39 is 0 Å². The fourth-order valence-corrected chi connectivity index (χ4v) is 2.03. The fourth-order valence-electron chi connectivity index (χ4n) is 2.03. The van der Waals surface area contributed by atoms with Gasteiger partial charge in [0.2, 0.25) is 0 Å². The Balaban J connectivity index is 1.97. The Labute approximate surface area is 112 Å². The normalized spacial score (nSPS) is 19.2. The Kier molecular flexibility index (Phi) is 4.37. The number of ether oxygens (including phenoxy) is 1. The molecule has 1 amide bonds. The second kappa shape index (κ2) is 6.21. The van der Waals surface area contributed by atoms with Gasteiger partial charge in [-0.15, -0.1) is 0 Å². The topological polar surface area (TPSA) is 67.0 Å². The molecule has 0 saturated carbocycles. The Morgan fingerprint density at radius 1 is 1.74 bits per heavy atom. The van der Waals surface area contributed by atoms with Crippen molar-refractivity contribution in [3.8, 4) is 6.07 Å². The molecule has 1 atom stereocenters. The number of aryl methyl sites for hydroxylation is 1. The van der Waals surface area contributed by atoms with E-state index >= 15 is 0 Å². The lowest BCUT2D eigenvalue weighted by molar-refractivity contribution is -0.117. The van der Waals surface area contributed by atoms with E-state index in [2.05, 4.69) is 5.32 Å². The van der Waals surface area contributed by atoms with Crippen LogP contribution in [0.15, 0.2) is 23.9 Å². The van der Waals surface area contributed by atoms with Gasteiger partial charge in [0.15, 0.2) is 0 Å². The van der Waals surface area contributed by atoms with Gasteiger partial charge in [0.05, 0.1) is 6.10 Å². The summed E-state index contributed by atoms with van der Waals surface area (Å²) >= 11 is 0. The number of hydrogen-bond acceptors (Lipinski definition) is 3. The van der Waals surface area contributed by atoms with E-state index in [1.165, 1.54) is 0 Å². The van der Waals surface area contributed by atoms with E-state index in [-0.39, 0.29) is 17.6 Å². The molecule has 0 bridgehead atoms. The molecule has 1 aromatic heterocycles. The monoisotopic (exact) mass is 259 g/mol. The lowest BCUT2D eigenvalue weighted by Gasteiger charge is -2.10. The summed E-state index contributed by atoms with van der Waals surface area (Å²) in [6.45, 7) is 1.22. The molecule has 0 radical (unpaired) electrons. The molecule has 100 valence electrons. The number of carbonyl (C=O) groups excluding carboxylic acids is 1. The van der Waals surface area contributed by atoms with Gasteiger partial charge in [-0.25, -0.2) is 0 Å². The van der Waals surface area contributed by atoms with Gasteiger partial charge in [-0.05, 0) is 31.1 Å². The summed E-state index contributed by atoms with van der Waals surface area (Å²) in [4.78, 5) is 11.9. The van der Waals surface area contributed by atoms with Crippen LogP contribution in [0.2, 0.25) is 0 Å². The highest BCUT2D eigenvalue weighted by Gasteiger charge is 2.17. The van der Waals surface area contributed by atoms with Gasteiger partial charge < -0.3 is 14.6 Å². The van der Waals surface area contributed by atoms with Crippen LogP contribution >= 0.6 is 0 Å². The lowest BCUT2D eigenvalue weighted by Crippen LogP contribution is -2.32. The summed E-state index contributed by atoms with van der Waals surface area (Å²) in [7, 11) is 1.87. The van der Waals surface area contributed by atoms with Crippen LogP contribution in [0.4, 0.5) is 0 Å². The third kappa shape index (κ3) is 3.46. The smallest absolute Gasteiger partial charge is 0.262 e. The molecule has 1 saturated heterocycles. The number of hydrogen-bond donors (Lipinski definition) is 1. The van der Waals surface area contributed by atoms with Crippen molar-refractivity contribution in [1.82, 2.24) is 9.88 Å². The van der Waals surface area contributed by atoms with Crippen LogP contribution in [0, 0.1) is 11.3 Å². The van der Waals surface area contributed by atoms with Crippen LogP contribution in [0.3, 0.4) is 0 Å². The van der Waals surface area contributed by atoms with Gasteiger partial charge in [-0.3, -0.25) is 4.79 Å². The first-order valence-electron chi connectivity index (χ1n) is 6.33. The summed E-state index contributed by atoms with van der Waals surface area (Å²) in [6, 6.07) is 5.66. The lowest BCUT2D eigenvalue weighted by atomic mass is 10.2. The SMILES string of the molecule is Cn1cccc1/C=C(\C#N)C(=O)NC[C@H]1CCCO1. The third-order valence-electron chi connectivity index (χ3n) is 3.16. The Bertz CT molecular complexity index is 519. The first-order valence-corrected chi connectivity index (χ1v) is 6.33. The van der Waals surface area contributed by atoms with E-state index in [9.17, 15) is 4.79 Å². The molecule has 1 aromatic rings. The van der Waals surface area contributed by atoms with Crippen LogP contribution in [0.5, 0.6) is 0 Å². The van der Waals surface area contributed by atoms with Crippen molar-refractivity contribution in [3.63, 3.8) is 0 Å². The molecule has 0 aromatic carbocycles. The zero-order valence-electron chi connectivity index (χ0n) is 10.9. The second-order valence-electron chi connectivity index (χ2n) is 4.56. The van der Waals surface area contributed by atoms with E-state index in [1.807, 2.05) is 36.0 Å². The predicted molar refractivity (Wildman–Crippen MR) is 71.0 cm³/mol. The summed E-state index contributed by atoms with van der Waals surface area (Å²) in [5.74, 6) is -0.348. The van der Waals surface area contributed by atoms with E-state index in [0.29, 0.717) is 6.54 Å². The van der Waals surface area contributed by atoms with Crippen molar-refractivity contribution in [3.05, 3.63) is 29.6 Å². The Morgan fingerprint density at radius 3 is 3.16 bits per heavy atom. The van der Waals surface area contributed by atoms with Crippen molar-refractivity contribution in [1.29, 1.82) is 5.26 Å². The van der Waals surface area contributed by atoms with Gasteiger partial charge in [0.25, 0.3) is 5.91 Å². The first-order chi connectivity index (χ1) is 9.20. The van der Waals surface area contributed by atoms with Crippen LogP contribution in [-0.2, 0) is 16.6 Å². The molecule has 1 aliphatic heterocycles. The van der Waals surface area contributed by atoms with E-state index in [4.69, 9.17) is 10.00 Å². The average molecular weight is 259 g/mol. The number of carbonyl (C=O) groups is 1. The van der Waals surface area contributed by atoms with Crippen molar-refractivity contribution in [2.24, 2.45) is 7.05 Å². The molecule has 0 aliphatic carbocycles. The Hall–Kier alpha value is -2.06. The molecular formula is C14H17N3O2. The van der Waals surface area contributed by atoms with Crippen LogP contribution in [-0.4, -0.2) is 29.7 Å². The molecule has 0 unspecified atom stereocenters. The highest BCUT2D eigenvalue weighted by molar-refractivity contribution is 6.01. The van der Waals surface area contributed by atoms with Gasteiger partial charge >= 0.3 is 0 Å². The Morgan fingerprint density at radius 2 is 2.58 bits per heavy atom. The highest BCUT2D eigenvalue weighted by atomic mass is 16.5. The summed E-state index contributed by atoms with van der Waals surface area (Å²) in [5.41, 5.74) is 0.934. The molecule has 19 heavy (non-hydrogen) atoms. The standard InChI is InChI=1S/C14H17N3O2/c1-17-6-2-4-12(17)8-11(9-15)14(18)16-10-13-5-3-7-19-13/h2,4,6,8,13H,3,5,7,10H2,1H3,(H,16,18)/b11-8+/t13-/m1/s1. The minimum absolute atomic E-state index is 0.0823. The zero-order valence-corrected chi connectivity index (χ0v) is 10.9. The maximum atomic E-state index is 11.9. The molecule has 1 N–H and O–H groups in total. The third-order valence-corrected chi connectivity index (χ3v) is 3.16. The molecule has 2 heterocycles. The highest BCUT2D eigenvalue weighted by Crippen LogP contribution is 2.11. The number of amides is 1. The van der Waals surface area contributed by atoms with Crippen molar-refractivity contribution >= 4 is 12.0 Å². The largest absolute Gasteiger partial charge is 0.376 e. The number of rotatable bonds is 4. The van der Waals surface area contributed by atoms with Crippen molar-refractivity contribution < 1.29 is 9.53 Å². The average Bonchev–Trinajstić information content (AvgIpc) is 3.05. The fraction of sp³-hybridized carbons (Fsp3) is 0.429. The quantitative estimate of drug-likeness (QED) is 0.653. The van der Waals surface area contributed by atoms with Gasteiger partial charge in [-0.2, -0.15) is 5.26 Å². The molecule has 1 fully saturated rings. The summed E-state index contributed by atoms with van der Waals surface area (Å²) in [5, 5.41) is 11.8. The van der Waals surface area contributed by atoms with E-state index in [1.54, 1.807) is 6.08 Å². The maximum Gasteiger partial charge on any atom is 0.262 e. The summed E-state index contributed by atoms with van der Waals surface area (Å²) in [6.07, 6.45) is 5.53. The maximum absolute atomic E-state index is 11.9. The molecule has 5 nitrogen and oxygen atoms in total. The van der Waals surface area contributed by atoms with Crippen LogP contribution < -0.4 is 5.32 Å². The number of nitrogens with zero attached hydrogens (tertiary/aromatic N) is 2. The number of aromatic nitrogens is 1. The predicted octanol–water partition coefficient (Wildman–Crippen LogP) is 1.23. The number of nitrogens with one attached hydrogen (secondary N) is 1. The van der Waals surface area contributed by atoms with Crippen molar-refractivity contribution in [2.75, 3.05) is 13.2 Å². The molecule has 2 rings (SSSR count).